The van der Waals surface area contributed by atoms with Crippen molar-refractivity contribution in [3.63, 3.8) is 0 Å². The Bertz CT molecular complexity index is 4470. The maximum Gasteiger partial charge on any atom is 0.269 e. The highest BCUT2D eigenvalue weighted by molar-refractivity contribution is 6.31. The predicted octanol–water partition coefficient (Wildman–Crippen LogP) is 4.88. The quantitative estimate of drug-likeness (QED) is 0.0399. The van der Waals surface area contributed by atoms with Crippen molar-refractivity contribution < 1.29 is 38.1 Å². The minimum Gasteiger partial charge on any atom is -0.381 e. The van der Waals surface area contributed by atoms with Crippen molar-refractivity contribution in [3.8, 4) is 0 Å². The molecule has 16 heterocycles. The molecule has 0 unspecified atom stereocenters. The molecule has 44 heteroatoms. The summed E-state index contributed by atoms with van der Waals surface area (Å²) in [6.07, 6.45) is 27.3. The Labute approximate surface area is 734 Å². The second-order valence-electron chi connectivity index (χ2n) is 31.4. The number of hydrogen-bond acceptors (Lipinski definition) is 32. The molecule has 8 fully saturated rings. The van der Waals surface area contributed by atoms with Crippen LogP contribution >= 0.6 is 46.4 Å². The van der Waals surface area contributed by atoms with E-state index in [2.05, 4.69) is 122 Å². The Morgan fingerprint density at radius 3 is 0.661 bits per heavy atom. The normalized spacial score (nSPS) is 21.4. The van der Waals surface area contributed by atoms with Crippen LogP contribution in [0.4, 0.5) is 46.5 Å². The standard InChI is InChI=1S/4C20H26ClN7O3/c4*1-13-17(12-25-26-19(13)30)22-11-16-3-2-15(31-16)8-18(29)27-4-6-28(7-5-27)20-23-9-14(21)10-24-20/h4*9-10,12,15-16H,2-8,11H2,1H3,(H2,22,26,30)/t2*15-,16+;2*15-,16-/m1010/s1. The van der Waals surface area contributed by atoms with E-state index in [0.29, 0.717) is 245 Å². The number of piperazine rings is 4. The van der Waals surface area contributed by atoms with Gasteiger partial charge in [0, 0.05) is 153 Å². The maximum absolute atomic E-state index is 12.7. The van der Waals surface area contributed by atoms with Gasteiger partial charge in [-0.25, -0.2) is 60.3 Å². The van der Waals surface area contributed by atoms with E-state index in [1.54, 1.807) is 102 Å². The number of anilines is 8. The Kier molecular flexibility index (Phi) is 32.3. The van der Waals surface area contributed by atoms with Crippen LogP contribution in [0, 0.1) is 27.7 Å². The summed E-state index contributed by atoms with van der Waals surface area (Å²) < 4.78 is 24.2. The van der Waals surface area contributed by atoms with Gasteiger partial charge in [0.05, 0.1) is 192 Å². The molecule has 0 bridgehead atoms. The molecule has 124 heavy (non-hydrogen) atoms. The van der Waals surface area contributed by atoms with Crippen molar-refractivity contribution in [2.75, 3.05) is 172 Å². The third-order valence-corrected chi connectivity index (χ3v) is 23.8. The molecule has 4 amide bonds. The Morgan fingerprint density at radius 1 is 0.298 bits per heavy atom. The summed E-state index contributed by atoms with van der Waals surface area (Å²) >= 11 is 23.4. The van der Waals surface area contributed by atoms with E-state index in [-0.39, 0.29) is 94.7 Å². The summed E-state index contributed by atoms with van der Waals surface area (Å²) in [5.41, 5.74) is 4.39. The molecule has 0 aliphatic carbocycles. The van der Waals surface area contributed by atoms with Gasteiger partial charge >= 0.3 is 0 Å². The lowest BCUT2D eigenvalue weighted by Gasteiger charge is -2.35. The molecule has 40 nitrogen and oxygen atoms in total. The van der Waals surface area contributed by atoms with Crippen LogP contribution in [0.15, 0.2) is 93.5 Å². The van der Waals surface area contributed by atoms with E-state index in [1.807, 2.05) is 19.6 Å². The van der Waals surface area contributed by atoms with E-state index in [4.69, 9.17) is 65.4 Å². The lowest BCUT2D eigenvalue weighted by molar-refractivity contribution is -0.135. The fourth-order valence-corrected chi connectivity index (χ4v) is 15.9. The fraction of sp³-hybridized carbons (Fsp3) is 0.550. The molecule has 0 spiro atoms. The van der Waals surface area contributed by atoms with Crippen LogP contribution in [0.25, 0.3) is 0 Å². The van der Waals surface area contributed by atoms with Crippen molar-refractivity contribution in [2.45, 2.75) is 154 Å². The molecular weight excluding hydrogens is 1690 g/mol. The van der Waals surface area contributed by atoms with Crippen molar-refractivity contribution >= 4 is 117 Å². The number of nitrogens with zero attached hydrogens (tertiary/aromatic N) is 20. The van der Waals surface area contributed by atoms with Gasteiger partial charge in [-0.1, -0.05) is 46.4 Å². The number of rotatable bonds is 24. The maximum atomic E-state index is 12.7. The van der Waals surface area contributed by atoms with Gasteiger partial charge in [0.25, 0.3) is 22.2 Å². The van der Waals surface area contributed by atoms with Crippen LogP contribution < -0.4 is 63.1 Å². The molecule has 8 aliphatic heterocycles. The molecular formula is C80H104Cl4N28O12. The number of aromatic amines is 4. The smallest absolute Gasteiger partial charge is 0.269 e. The van der Waals surface area contributed by atoms with Crippen LogP contribution in [-0.2, 0) is 38.1 Å². The topological polar surface area (TPSA) is 465 Å². The number of H-pyrrole nitrogens is 4. The number of hydrogen-bond donors (Lipinski definition) is 8. The summed E-state index contributed by atoms with van der Waals surface area (Å²) in [6.45, 7) is 19.9. The first-order chi connectivity index (χ1) is 60.0. The van der Waals surface area contributed by atoms with Crippen molar-refractivity contribution in [2.24, 2.45) is 0 Å². The van der Waals surface area contributed by atoms with E-state index >= 15 is 0 Å². The summed E-state index contributed by atoms with van der Waals surface area (Å²) in [5.74, 6) is 3.01. The van der Waals surface area contributed by atoms with Crippen molar-refractivity contribution in [3.05, 3.63) is 158 Å². The number of aromatic nitrogens is 16. The number of ether oxygens (including phenoxy) is 4. The third-order valence-electron chi connectivity index (χ3n) is 23.0. The minimum atomic E-state index is -0.205. The molecule has 664 valence electrons. The van der Waals surface area contributed by atoms with Crippen LogP contribution in [0.1, 0.15) is 99.3 Å². The molecule has 0 radical (unpaired) electrons. The first kappa shape index (κ1) is 90.8. The molecule has 8 atom stereocenters. The van der Waals surface area contributed by atoms with Crippen LogP contribution in [0.5, 0.6) is 0 Å². The highest BCUT2D eigenvalue weighted by Crippen LogP contribution is 2.30. The molecule has 8 aromatic heterocycles. The van der Waals surface area contributed by atoms with Gasteiger partial charge in [0.1, 0.15) is 0 Å². The average molecular weight is 1790 g/mol. The van der Waals surface area contributed by atoms with Crippen molar-refractivity contribution in [1.29, 1.82) is 0 Å². The summed E-state index contributed by atoms with van der Waals surface area (Å²) in [7, 11) is 0. The SMILES string of the molecule is Cc1c(NC[C@@H]2CC[C@@H](CC(=O)N3CCN(c4ncc(Cl)cn4)CC3)O2)cn[nH]c1=O.Cc1c(NC[C@@H]2CC[C@H](CC(=O)N3CCN(c4ncc(Cl)cn4)CC3)O2)cn[nH]c1=O.Cc1c(NC[C@H]2CC[C@@H](CC(=O)N3CCN(c4ncc(Cl)cn4)CC3)O2)cn[nH]c1=O.Cc1c(NC[C@H]2CC[C@H](CC(=O)N3CCN(c4ncc(Cl)cn4)CC3)O2)cn[nH]c1=O. The van der Waals surface area contributed by atoms with Crippen LogP contribution in [0.2, 0.25) is 20.1 Å². The molecule has 16 rings (SSSR count). The number of carbonyl (C=O) groups excluding carboxylic acids is 4. The van der Waals surface area contributed by atoms with Gasteiger partial charge < -0.3 is 79.4 Å². The zero-order valence-electron chi connectivity index (χ0n) is 69.5. The minimum absolute atomic E-state index is 0.00962. The average Bonchev–Trinajstić information content (AvgIpc) is 0.904. The highest BCUT2D eigenvalue weighted by Gasteiger charge is 2.36. The van der Waals surface area contributed by atoms with Gasteiger partial charge in [-0.05, 0) is 79.1 Å². The summed E-state index contributed by atoms with van der Waals surface area (Å²) in [4.78, 5) is 147. The number of amides is 4. The summed E-state index contributed by atoms with van der Waals surface area (Å²) in [5, 5.41) is 39.8. The van der Waals surface area contributed by atoms with E-state index < -0.39 is 0 Å². The first-order valence-corrected chi connectivity index (χ1v) is 43.2. The van der Waals surface area contributed by atoms with E-state index in [0.717, 1.165) is 51.4 Å². The lowest BCUT2D eigenvalue weighted by atomic mass is 10.1. The molecule has 8 saturated heterocycles. The van der Waals surface area contributed by atoms with Gasteiger partial charge in [-0.15, -0.1) is 0 Å². The second kappa shape index (κ2) is 44.1. The van der Waals surface area contributed by atoms with E-state index in [9.17, 15) is 38.4 Å². The fourth-order valence-electron chi connectivity index (χ4n) is 15.6. The summed E-state index contributed by atoms with van der Waals surface area (Å²) in [6, 6.07) is 0. The number of carbonyl (C=O) groups is 4. The van der Waals surface area contributed by atoms with Gasteiger partial charge in [-0.2, -0.15) is 20.4 Å². The molecule has 0 saturated carbocycles. The van der Waals surface area contributed by atoms with Gasteiger partial charge in [0.15, 0.2) is 0 Å². The number of nitrogens with one attached hydrogen (secondary N) is 8. The van der Waals surface area contributed by atoms with Crippen LogP contribution in [0.3, 0.4) is 0 Å². The molecule has 8 N–H and O–H groups in total. The van der Waals surface area contributed by atoms with Crippen molar-refractivity contribution in [1.82, 2.24) is 100 Å². The molecule has 8 aliphatic rings. The van der Waals surface area contributed by atoms with Crippen LogP contribution in [-0.4, -0.2) is 304 Å². The zero-order chi connectivity index (χ0) is 87.2. The Balaban J connectivity index is 0.000000142. The largest absolute Gasteiger partial charge is 0.381 e. The monoisotopic (exact) mass is 1790 g/mol. The third kappa shape index (κ3) is 25.7. The Hall–Kier alpha value is -10.9. The molecule has 8 aromatic rings. The Morgan fingerprint density at radius 2 is 0.476 bits per heavy atom. The highest BCUT2D eigenvalue weighted by atomic mass is 35.5. The lowest BCUT2D eigenvalue weighted by Crippen LogP contribution is -2.49. The second-order valence-corrected chi connectivity index (χ2v) is 33.1. The van der Waals surface area contributed by atoms with Gasteiger partial charge in [-0.3, -0.25) is 38.4 Å². The van der Waals surface area contributed by atoms with E-state index in [1.165, 1.54) is 0 Å². The predicted molar refractivity (Wildman–Crippen MR) is 466 cm³/mol. The molecule has 0 aromatic carbocycles. The number of halogens is 4. The first-order valence-electron chi connectivity index (χ1n) is 41.7. The van der Waals surface area contributed by atoms with Gasteiger partial charge in [0.2, 0.25) is 47.4 Å². The zero-order valence-corrected chi connectivity index (χ0v) is 72.6.